The molecule has 2 heterocycles. The summed E-state index contributed by atoms with van der Waals surface area (Å²) in [4.78, 5) is 13.3. The lowest BCUT2D eigenvalue weighted by molar-refractivity contribution is -0.115. The summed E-state index contributed by atoms with van der Waals surface area (Å²) in [5.41, 5.74) is 6.94. The monoisotopic (exact) mass is 388 g/mol. The highest BCUT2D eigenvalue weighted by atomic mass is 32.2. The highest BCUT2D eigenvalue weighted by molar-refractivity contribution is 7.99. The minimum atomic E-state index is -0.109. The first-order chi connectivity index (χ1) is 13.2. The molecule has 8 heteroatoms. The van der Waals surface area contributed by atoms with Gasteiger partial charge in [0.2, 0.25) is 12.7 Å². The third-order valence-corrected chi connectivity index (χ3v) is 5.13. The molecular weight excluding hydrogens is 368 g/mol. The Hall–Kier alpha value is -2.74. The van der Waals surface area contributed by atoms with Crippen molar-refractivity contribution in [2.75, 3.05) is 36.8 Å². The van der Waals surface area contributed by atoms with Gasteiger partial charge in [0.1, 0.15) is 0 Å². The quantitative estimate of drug-likeness (QED) is 0.600. The molecule has 2 aliphatic rings. The molecule has 2 aromatic carbocycles. The molecule has 142 valence electrons. The number of benzene rings is 2. The second-order valence-corrected chi connectivity index (χ2v) is 7.27. The average molecular weight is 388 g/mol. The Morgan fingerprint density at radius 3 is 2.59 bits per heavy atom. The summed E-state index contributed by atoms with van der Waals surface area (Å²) in [5.74, 6) is 3.23. The molecule has 0 radical (unpaired) electrons. The molecule has 0 atom stereocenters. The Morgan fingerprint density at radius 2 is 1.74 bits per heavy atom. The molecule has 0 spiro atoms. The van der Waals surface area contributed by atoms with Gasteiger partial charge in [-0.25, -0.2) is 0 Å². The number of amides is 1. The second kappa shape index (κ2) is 7.87. The number of hydrogen-bond donors (Lipinski definition) is 2. The summed E-state index contributed by atoms with van der Waals surface area (Å²) in [6.45, 7) is 1.49. The van der Waals surface area contributed by atoms with Gasteiger partial charge >= 0.3 is 0 Å². The van der Waals surface area contributed by atoms with E-state index in [1.807, 2.05) is 18.2 Å². The lowest BCUT2D eigenvalue weighted by Crippen LogP contribution is -2.13. The van der Waals surface area contributed by atoms with E-state index in [9.17, 15) is 4.79 Å². The largest absolute Gasteiger partial charge is 0.490 e. The predicted octanol–water partition coefficient (Wildman–Crippen LogP) is 3.28. The number of hydrogen-bond acceptors (Lipinski definition) is 7. The first-order valence-corrected chi connectivity index (χ1v) is 9.69. The van der Waals surface area contributed by atoms with Crippen LogP contribution < -0.4 is 30.0 Å². The van der Waals surface area contributed by atoms with E-state index in [-0.39, 0.29) is 12.7 Å². The normalized spacial score (nSPS) is 14.5. The highest BCUT2D eigenvalue weighted by Gasteiger charge is 2.17. The lowest BCUT2D eigenvalue weighted by atomic mass is 10.2. The smallest absolute Gasteiger partial charge is 0.231 e. The number of nitrogen functional groups attached to an aromatic ring is 1. The zero-order chi connectivity index (χ0) is 18.6. The van der Waals surface area contributed by atoms with Crippen molar-refractivity contribution in [3.8, 4) is 23.0 Å². The number of nitrogens with one attached hydrogen (secondary N) is 1. The molecule has 1 amide bonds. The van der Waals surface area contributed by atoms with Crippen molar-refractivity contribution in [1.82, 2.24) is 0 Å². The maximum atomic E-state index is 12.2. The van der Waals surface area contributed by atoms with Crippen molar-refractivity contribution >= 4 is 29.0 Å². The third kappa shape index (κ3) is 4.16. The molecule has 2 aliphatic heterocycles. The number of thioether (sulfide) groups is 1. The van der Waals surface area contributed by atoms with E-state index < -0.39 is 0 Å². The van der Waals surface area contributed by atoms with Crippen LogP contribution in [0.25, 0.3) is 0 Å². The topological polar surface area (TPSA) is 92.0 Å². The molecule has 27 heavy (non-hydrogen) atoms. The van der Waals surface area contributed by atoms with E-state index in [4.69, 9.17) is 24.7 Å². The Labute approximate surface area is 161 Å². The molecule has 0 unspecified atom stereocenters. The van der Waals surface area contributed by atoms with E-state index in [0.717, 1.165) is 22.8 Å². The van der Waals surface area contributed by atoms with Crippen molar-refractivity contribution in [3.63, 3.8) is 0 Å². The fraction of sp³-hybridized carbons (Fsp3) is 0.316. The summed E-state index contributed by atoms with van der Waals surface area (Å²) in [7, 11) is 0. The van der Waals surface area contributed by atoms with Crippen LogP contribution in [-0.4, -0.2) is 31.7 Å². The molecule has 0 fully saturated rings. The van der Waals surface area contributed by atoms with Gasteiger partial charge in [-0.2, -0.15) is 0 Å². The van der Waals surface area contributed by atoms with Crippen LogP contribution in [0.3, 0.4) is 0 Å². The summed E-state index contributed by atoms with van der Waals surface area (Å²) in [6, 6.07) is 9.19. The van der Waals surface area contributed by atoms with Crippen LogP contribution in [0.1, 0.15) is 12.8 Å². The van der Waals surface area contributed by atoms with E-state index >= 15 is 0 Å². The van der Waals surface area contributed by atoms with Gasteiger partial charge < -0.3 is 30.0 Å². The Balaban J connectivity index is 1.31. The molecule has 0 aliphatic carbocycles. The van der Waals surface area contributed by atoms with E-state index in [1.54, 1.807) is 23.9 Å². The Morgan fingerprint density at radius 1 is 1.00 bits per heavy atom. The number of carbonyl (C=O) groups excluding carboxylic acids is 1. The van der Waals surface area contributed by atoms with Gasteiger partial charge in [-0.05, 0) is 18.2 Å². The molecule has 0 saturated heterocycles. The average Bonchev–Trinajstić information content (AvgIpc) is 2.97. The first kappa shape index (κ1) is 17.7. The molecule has 2 aromatic rings. The highest BCUT2D eigenvalue weighted by Crippen LogP contribution is 2.38. The number of fused-ring (bicyclic) bond motifs is 2. The van der Waals surface area contributed by atoms with Gasteiger partial charge in [0.05, 0.1) is 24.6 Å². The van der Waals surface area contributed by atoms with Crippen molar-refractivity contribution in [2.45, 2.75) is 17.7 Å². The SMILES string of the molecule is Nc1cc2c(cc1NC(=O)CCSc1ccc3c(c1)OCCCO3)OCO2. The minimum absolute atomic E-state index is 0.109. The molecule has 7 nitrogen and oxygen atoms in total. The molecular formula is C19H20N2O5S. The second-order valence-electron chi connectivity index (χ2n) is 6.10. The summed E-state index contributed by atoms with van der Waals surface area (Å²) >= 11 is 1.59. The van der Waals surface area contributed by atoms with Crippen LogP contribution in [0.2, 0.25) is 0 Å². The van der Waals surface area contributed by atoms with Crippen molar-refractivity contribution in [3.05, 3.63) is 30.3 Å². The first-order valence-electron chi connectivity index (χ1n) is 8.70. The van der Waals surface area contributed by atoms with E-state index in [0.29, 0.717) is 48.3 Å². The zero-order valence-corrected chi connectivity index (χ0v) is 15.5. The minimum Gasteiger partial charge on any atom is -0.490 e. The van der Waals surface area contributed by atoms with Gasteiger partial charge in [0.25, 0.3) is 0 Å². The summed E-state index contributed by atoms with van der Waals surface area (Å²) < 4.78 is 21.9. The van der Waals surface area contributed by atoms with Gasteiger partial charge in [0, 0.05) is 35.6 Å². The van der Waals surface area contributed by atoms with Crippen molar-refractivity contribution < 1.29 is 23.7 Å². The van der Waals surface area contributed by atoms with Gasteiger partial charge in [-0.15, -0.1) is 11.8 Å². The predicted molar refractivity (Wildman–Crippen MR) is 103 cm³/mol. The molecule has 3 N–H and O–H groups in total. The fourth-order valence-electron chi connectivity index (χ4n) is 2.77. The lowest BCUT2D eigenvalue weighted by Gasteiger charge is -2.10. The number of carbonyl (C=O) groups is 1. The van der Waals surface area contributed by atoms with Crippen LogP contribution in [0, 0.1) is 0 Å². The van der Waals surface area contributed by atoms with Crippen LogP contribution in [0.5, 0.6) is 23.0 Å². The molecule has 0 aromatic heterocycles. The van der Waals surface area contributed by atoms with Gasteiger partial charge in [-0.3, -0.25) is 4.79 Å². The number of ether oxygens (including phenoxy) is 4. The summed E-state index contributed by atoms with van der Waals surface area (Å²) in [5, 5.41) is 2.83. The van der Waals surface area contributed by atoms with Crippen LogP contribution in [0.15, 0.2) is 35.2 Å². The van der Waals surface area contributed by atoms with Gasteiger partial charge in [-0.1, -0.05) is 0 Å². The Kier molecular flexibility index (Phi) is 5.15. The molecule has 0 bridgehead atoms. The number of anilines is 2. The van der Waals surface area contributed by atoms with E-state index in [1.165, 1.54) is 0 Å². The van der Waals surface area contributed by atoms with Crippen LogP contribution in [-0.2, 0) is 4.79 Å². The molecule has 4 rings (SSSR count). The van der Waals surface area contributed by atoms with Crippen LogP contribution in [0.4, 0.5) is 11.4 Å². The summed E-state index contributed by atoms with van der Waals surface area (Å²) in [6.07, 6.45) is 1.23. The standard InChI is InChI=1S/C19H20N2O5S/c20-13-9-17-18(26-11-25-17)10-14(13)21-19(22)4-7-27-12-2-3-15-16(8-12)24-6-1-5-23-15/h2-3,8-10H,1,4-7,11,20H2,(H,21,22). The van der Waals surface area contributed by atoms with Crippen LogP contribution >= 0.6 is 11.8 Å². The third-order valence-electron chi connectivity index (χ3n) is 4.14. The van der Waals surface area contributed by atoms with E-state index in [2.05, 4.69) is 5.32 Å². The Bertz CT molecular complexity index is 858. The molecule has 0 saturated carbocycles. The van der Waals surface area contributed by atoms with Crippen molar-refractivity contribution in [2.24, 2.45) is 0 Å². The maximum Gasteiger partial charge on any atom is 0.231 e. The van der Waals surface area contributed by atoms with Crippen molar-refractivity contribution in [1.29, 1.82) is 0 Å². The number of rotatable bonds is 5. The zero-order valence-electron chi connectivity index (χ0n) is 14.7. The fourth-order valence-corrected chi connectivity index (χ4v) is 3.65. The maximum absolute atomic E-state index is 12.2. The number of nitrogens with two attached hydrogens (primary N) is 1. The van der Waals surface area contributed by atoms with Gasteiger partial charge in [0.15, 0.2) is 23.0 Å².